The van der Waals surface area contributed by atoms with Crippen molar-refractivity contribution in [2.75, 3.05) is 6.61 Å². The first-order chi connectivity index (χ1) is 14.8. The minimum atomic E-state index is -4.46. The van der Waals surface area contributed by atoms with Crippen molar-refractivity contribution in [3.63, 3.8) is 0 Å². The summed E-state index contributed by atoms with van der Waals surface area (Å²) < 4.78 is 44.6. The molecule has 1 aromatic carbocycles. The van der Waals surface area contributed by atoms with Crippen LogP contribution in [0.5, 0.6) is 5.75 Å². The fourth-order valence-corrected chi connectivity index (χ4v) is 4.07. The van der Waals surface area contributed by atoms with E-state index in [1.54, 1.807) is 41.1 Å². The molecular weight excluding hydrogens is 431 g/mol. The minimum absolute atomic E-state index is 0.0557. The summed E-state index contributed by atoms with van der Waals surface area (Å²) in [4.78, 5) is 17.2. The summed E-state index contributed by atoms with van der Waals surface area (Å²) in [5.41, 5.74) is 1.51. The van der Waals surface area contributed by atoms with E-state index >= 15 is 0 Å². The van der Waals surface area contributed by atoms with Crippen molar-refractivity contribution in [2.24, 2.45) is 0 Å². The van der Waals surface area contributed by atoms with Crippen LogP contribution in [0.2, 0.25) is 5.02 Å². The summed E-state index contributed by atoms with van der Waals surface area (Å²) in [6.45, 7) is -1.41. The topological polar surface area (TPSA) is 55.6 Å². The first-order valence-corrected chi connectivity index (χ1v) is 10.5. The zero-order valence-corrected chi connectivity index (χ0v) is 17.3. The van der Waals surface area contributed by atoms with Gasteiger partial charge < -0.3 is 14.5 Å². The molecule has 31 heavy (non-hydrogen) atoms. The van der Waals surface area contributed by atoms with E-state index in [1.807, 2.05) is 0 Å². The number of aromatic nitrogens is 2. The van der Waals surface area contributed by atoms with Gasteiger partial charge in [0.25, 0.3) is 5.91 Å². The third kappa shape index (κ3) is 5.12. The molecule has 0 saturated heterocycles. The van der Waals surface area contributed by atoms with E-state index in [-0.39, 0.29) is 23.4 Å². The summed E-state index contributed by atoms with van der Waals surface area (Å²) in [7, 11) is 0. The van der Waals surface area contributed by atoms with Crippen LogP contribution in [-0.2, 0) is 0 Å². The number of amides is 1. The van der Waals surface area contributed by atoms with Crippen LogP contribution in [0.15, 0.2) is 42.7 Å². The zero-order chi connectivity index (χ0) is 22.0. The van der Waals surface area contributed by atoms with Gasteiger partial charge in [0.1, 0.15) is 17.1 Å². The Bertz CT molecular complexity index is 1090. The number of imidazole rings is 1. The van der Waals surface area contributed by atoms with Crippen LogP contribution < -0.4 is 10.1 Å². The maximum atomic E-state index is 12.7. The van der Waals surface area contributed by atoms with E-state index in [2.05, 4.69) is 10.3 Å². The second-order valence-corrected chi connectivity index (χ2v) is 8.07. The Morgan fingerprint density at radius 2 is 1.90 bits per heavy atom. The number of carbonyl (C=O) groups is 1. The van der Waals surface area contributed by atoms with Gasteiger partial charge in [-0.1, -0.05) is 49.1 Å². The van der Waals surface area contributed by atoms with Gasteiger partial charge in [-0.05, 0) is 25.0 Å². The van der Waals surface area contributed by atoms with E-state index in [9.17, 15) is 18.0 Å². The number of carbonyl (C=O) groups excluding carboxylic acids is 1. The number of ether oxygens (including phenoxy) is 1. The van der Waals surface area contributed by atoms with Gasteiger partial charge in [0.05, 0.1) is 5.02 Å². The molecule has 0 bridgehead atoms. The minimum Gasteiger partial charge on any atom is -0.483 e. The second kappa shape index (κ2) is 8.78. The highest BCUT2D eigenvalue weighted by Gasteiger charge is 2.29. The van der Waals surface area contributed by atoms with Crippen molar-refractivity contribution in [1.82, 2.24) is 14.7 Å². The number of alkyl halides is 3. The van der Waals surface area contributed by atoms with E-state index in [4.69, 9.17) is 16.3 Å². The van der Waals surface area contributed by atoms with Crippen molar-refractivity contribution in [3.8, 4) is 16.9 Å². The van der Waals surface area contributed by atoms with Crippen LogP contribution >= 0.6 is 11.6 Å². The second-order valence-electron chi connectivity index (χ2n) is 7.64. The fourth-order valence-electron chi connectivity index (χ4n) is 3.85. The molecule has 1 N–H and O–H groups in total. The molecule has 4 rings (SSSR count). The largest absolute Gasteiger partial charge is 0.483 e. The number of hydrogen-bond acceptors (Lipinski definition) is 3. The first-order valence-electron chi connectivity index (χ1n) is 10.1. The summed E-state index contributed by atoms with van der Waals surface area (Å²) in [6.07, 6.45) is 3.95. The monoisotopic (exact) mass is 451 g/mol. The summed E-state index contributed by atoms with van der Waals surface area (Å²) in [5.74, 6) is -0.223. The number of para-hydroxylation sites is 1. The lowest BCUT2D eigenvalue weighted by molar-refractivity contribution is -0.153. The van der Waals surface area contributed by atoms with Crippen LogP contribution in [0.3, 0.4) is 0 Å². The van der Waals surface area contributed by atoms with Crippen molar-refractivity contribution < 1.29 is 22.7 Å². The van der Waals surface area contributed by atoms with Crippen LogP contribution in [0.4, 0.5) is 13.2 Å². The molecule has 0 unspecified atom stereocenters. The Kier molecular flexibility index (Phi) is 6.09. The molecule has 9 heteroatoms. The number of nitrogens with zero attached hydrogens (tertiary/aromatic N) is 2. The predicted octanol–water partition coefficient (Wildman–Crippen LogP) is 5.66. The first kappa shape index (κ1) is 21.5. The zero-order valence-electron chi connectivity index (χ0n) is 16.6. The van der Waals surface area contributed by atoms with E-state index in [1.165, 1.54) is 12.5 Å². The summed E-state index contributed by atoms with van der Waals surface area (Å²) in [5, 5.41) is 3.37. The quantitative estimate of drug-likeness (QED) is 0.544. The maximum Gasteiger partial charge on any atom is 0.422 e. The molecule has 1 fully saturated rings. The van der Waals surface area contributed by atoms with Crippen LogP contribution in [-0.4, -0.2) is 34.1 Å². The molecule has 0 atom stereocenters. The molecule has 3 aromatic rings. The van der Waals surface area contributed by atoms with Gasteiger partial charge in [-0.15, -0.1) is 0 Å². The number of pyridine rings is 1. The SMILES string of the molecule is O=C(NC1CCCCC1)c1cn2cc(Cl)cc(-c3ccccc3OCC(F)(F)F)c2n1. The van der Waals surface area contributed by atoms with Crippen molar-refractivity contribution in [3.05, 3.63) is 53.4 Å². The van der Waals surface area contributed by atoms with Crippen molar-refractivity contribution in [1.29, 1.82) is 0 Å². The molecular formula is C22H21ClF3N3O2. The molecule has 0 radical (unpaired) electrons. The average molecular weight is 452 g/mol. The third-order valence-corrected chi connectivity index (χ3v) is 5.47. The number of fused-ring (bicyclic) bond motifs is 1. The molecule has 1 aliphatic rings. The Morgan fingerprint density at radius 1 is 1.16 bits per heavy atom. The summed E-state index contributed by atoms with van der Waals surface area (Å²) >= 11 is 6.25. The summed E-state index contributed by atoms with van der Waals surface area (Å²) in [6, 6.07) is 8.10. The number of nitrogens with one attached hydrogen (secondary N) is 1. The third-order valence-electron chi connectivity index (χ3n) is 5.26. The van der Waals surface area contributed by atoms with E-state index in [0.717, 1.165) is 25.7 Å². The standard InChI is InChI=1S/C22H21ClF3N3O2/c23-14-10-17(16-8-4-5-9-19(16)31-13-22(24,25)26)20-28-18(12-29(20)11-14)21(30)27-15-6-2-1-3-7-15/h4-5,8-12,15H,1-3,6-7,13H2,(H,27,30). The number of hydrogen-bond donors (Lipinski definition) is 1. The molecule has 0 aliphatic heterocycles. The highest BCUT2D eigenvalue weighted by molar-refractivity contribution is 6.31. The van der Waals surface area contributed by atoms with Gasteiger partial charge in [0.2, 0.25) is 0 Å². The lowest BCUT2D eigenvalue weighted by atomic mass is 9.95. The highest BCUT2D eigenvalue weighted by atomic mass is 35.5. The van der Waals surface area contributed by atoms with Gasteiger partial charge in [-0.2, -0.15) is 13.2 Å². The van der Waals surface area contributed by atoms with E-state index in [0.29, 0.717) is 21.8 Å². The number of rotatable bonds is 5. The molecule has 1 aliphatic carbocycles. The molecule has 2 heterocycles. The van der Waals surface area contributed by atoms with Gasteiger partial charge in [-0.25, -0.2) is 4.98 Å². The van der Waals surface area contributed by atoms with Gasteiger partial charge >= 0.3 is 6.18 Å². The molecule has 164 valence electrons. The smallest absolute Gasteiger partial charge is 0.422 e. The fraction of sp³-hybridized carbons (Fsp3) is 0.364. The van der Waals surface area contributed by atoms with Crippen molar-refractivity contribution in [2.45, 2.75) is 44.3 Å². The van der Waals surface area contributed by atoms with Crippen LogP contribution in [0, 0.1) is 0 Å². The molecule has 5 nitrogen and oxygen atoms in total. The maximum absolute atomic E-state index is 12.7. The Morgan fingerprint density at radius 3 is 2.65 bits per heavy atom. The lowest BCUT2D eigenvalue weighted by Gasteiger charge is -2.22. The van der Waals surface area contributed by atoms with Crippen LogP contribution in [0.25, 0.3) is 16.8 Å². The molecule has 1 saturated carbocycles. The Balaban J connectivity index is 1.68. The van der Waals surface area contributed by atoms with Gasteiger partial charge in [-0.3, -0.25) is 4.79 Å². The van der Waals surface area contributed by atoms with Gasteiger partial charge in [0, 0.05) is 29.6 Å². The predicted molar refractivity (Wildman–Crippen MR) is 112 cm³/mol. The molecule has 0 spiro atoms. The van der Waals surface area contributed by atoms with E-state index < -0.39 is 12.8 Å². The lowest BCUT2D eigenvalue weighted by Crippen LogP contribution is -2.36. The Labute approximate surface area is 182 Å². The molecule has 2 aromatic heterocycles. The molecule has 1 amide bonds. The number of benzene rings is 1. The van der Waals surface area contributed by atoms with Gasteiger partial charge in [0.15, 0.2) is 6.61 Å². The average Bonchev–Trinajstić information content (AvgIpc) is 3.16. The highest BCUT2D eigenvalue weighted by Crippen LogP contribution is 2.35. The normalized spacial score (nSPS) is 15.2. The van der Waals surface area contributed by atoms with Crippen molar-refractivity contribution >= 4 is 23.2 Å². The van der Waals surface area contributed by atoms with Crippen LogP contribution in [0.1, 0.15) is 42.6 Å². The Hall–Kier alpha value is -2.74. The number of halogens is 4.